The molecule has 0 aromatic carbocycles. The molecule has 0 saturated heterocycles. The van der Waals surface area contributed by atoms with Crippen molar-refractivity contribution in [3.05, 3.63) is 40.9 Å². The number of halogens is 1. The Morgan fingerprint density at radius 1 is 1.31 bits per heavy atom. The van der Waals surface area contributed by atoms with Crippen molar-refractivity contribution in [1.82, 2.24) is 15.0 Å². The number of rotatable bonds is 3. The maximum absolute atomic E-state index is 5.62. The zero-order valence-electron chi connectivity index (χ0n) is 8.30. The summed E-state index contributed by atoms with van der Waals surface area (Å²) in [5, 5.41) is 0. The first kappa shape index (κ1) is 10.8. The van der Waals surface area contributed by atoms with Crippen molar-refractivity contribution in [2.45, 2.75) is 6.61 Å². The van der Waals surface area contributed by atoms with Gasteiger partial charge >= 0.3 is 0 Å². The molecule has 0 amide bonds. The minimum atomic E-state index is 0.275. The lowest BCUT2D eigenvalue weighted by atomic mass is 10.3. The summed E-state index contributed by atoms with van der Waals surface area (Å²) in [4.78, 5) is 11.9. The van der Waals surface area contributed by atoms with E-state index in [2.05, 4.69) is 30.9 Å². The van der Waals surface area contributed by atoms with Crippen molar-refractivity contribution >= 4 is 21.7 Å². The van der Waals surface area contributed by atoms with Gasteiger partial charge in [0.15, 0.2) is 5.82 Å². The molecule has 82 valence electrons. The van der Waals surface area contributed by atoms with Crippen LogP contribution in [0.5, 0.6) is 5.88 Å². The summed E-state index contributed by atoms with van der Waals surface area (Å²) < 4.78 is 6.04. The number of nitrogens with two attached hydrogens (primary N) is 1. The minimum Gasteiger partial charge on any atom is -0.470 e. The molecule has 0 atom stereocenters. The highest BCUT2D eigenvalue weighted by Gasteiger charge is 2.04. The fourth-order valence-electron chi connectivity index (χ4n) is 1.10. The Hall–Kier alpha value is -1.69. The molecule has 16 heavy (non-hydrogen) atoms. The topological polar surface area (TPSA) is 73.9 Å². The lowest BCUT2D eigenvalue weighted by Crippen LogP contribution is -2.02. The van der Waals surface area contributed by atoms with Crippen molar-refractivity contribution in [2.24, 2.45) is 0 Å². The molecule has 0 aliphatic rings. The predicted molar refractivity (Wildman–Crippen MR) is 62.7 cm³/mol. The lowest BCUT2D eigenvalue weighted by molar-refractivity contribution is 0.294. The molecule has 0 saturated carbocycles. The average molecular weight is 281 g/mol. The van der Waals surface area contributed by atoms with Crippen LogP contribution in [0, 0.1) is 0 Å². The summed E-state index contributed by atoms with van der Waals surface area (Å²) in [7, 11) is 0. The van der Waals surface area contributed by atoms with Crippen molar-refractivity contribution < 1.29 is 4.74 Å². The molecular weight excluding hydrogens is 272 g/mol. The quantitative estimate of drug-likeness (QED) is 0.928. The molecule has 0 fully saturated rings. The van der Waals surface area contributed by atoms with E-state index in [4.69, 9.17) is 10.5 Å². The van der Waals surface area contributed by atoms with Crippen LogP contribution in [0.2, 0.25) is 0 Å². The molecule has 0 unspecified atom stereocenters. The summed E-state index contributed by atoms with van der Waals surface area (Å²) in [5.74, 6) is 0.600. The molecule has 0 aliphatic heterocycles. The number of aromatic nitrogens is 3. The summed E-state index contributed by atoms with van der Waals surface area (Å²) >= 11 is 3.20. The molecule has 0 radical (unpaired) electrons. The summed E-state index contributed by atoms with van der Waals surface area (Å²) in [5.41, 5.74) is 6.62. The maximum Gasteiger partial charge on any atom is 0.258 e. The van der Waals surface area contributed by atoms with E-state index in [1.165, 1.54) is 6.20 Å². The van der Waals surface area contributed by atoms with E-state index in [0.717, 1.165) is 5.56 Å². The van der Waals surface area contributed by atoms with Gasteiger partial charge in [0.05, 0.1) is 6.20 Å². The molecule has 0 bridgehead atoms. The summed E-state index contributed by atoms with van der Waals surface area (Å²) in [6.45, 7) is 0.387. The molecule has 5 nitrogen and oxygen atoms in total. The first-order valence-electron chi connectivity index (χ1n) is 4.55. The van der Waals surface area contributed by atoms with Gasteiger partial charge in [0.2, 0.25) is 0 Å². The Balaban J connectivity index is 2.08. The predicted octanol–water partition coefficient (Wildman–Crippen LogP) is 1.80. The van der Waals surface area contributed by atoms with Crippen LogP contribution in [0.3, 0.4) is 0 Å². The molecule has 6 heteroatoms. The molecule has 0 spiro atoms. The normalized spacial score (nSPS) is 10.1. The van der Waals surface area contributed by atoms with Gasteiger partial charge in [-0.15, -0.1) is 0 Å². The fraction of sp³-hybridized carbons (Fsp3) is 0.100. The molecule has 2 aromatic rings. The first-order chi connectivity index (χ1) is 7.75. The van der Waals surface area contributed by atoms with E-state index in [9.17, 15) is 0 Å². The van der Waals surface area contributed by atoms with Gasteiger partial charge in [-0.05, 0) is 33.6 Å². The Morgan fingerprint density at radius 2 is 2.06 bits per heavy atom. The smallest absolute Gasteiger partial charge is 0.258 e. The van der Waals surface area contributed by atoms with Crippen LogP contribution in [-0.4, -0.2) is 15.0 Å². The van der Waals surface area contributed by atoms with Gasteiger partial charge in [-0.1, -0.05) is 0 Å². The zero-order chi connectivity index (χ0) is 11.4. The van der Waals surface area contributed by atoms with Crippen LogP contribution in [-0.2, 0) is 6.61 Å². The number of hydrogen-bond acceptors (Lipinski definition) is 5. The van der Waals surface area contributed by atoms with E-state index in [1.807, 2.05) is 12.1 Å². The number of nitrogens with zero attached hydrogens (tertiary/aromatic N) is 3. The molecule has 2 N–H and O–H groups in total. The van der Waals surface area contributed by atoms with E-state index in [-0.39, 0.29) is 5.82 Å². The largest absolute Gasteiger partial charge is 0.470 e. The maximum atomic E-state index is 5.62. The van der Waals surface area contributed by atoms with Crippen LogP contribution in [0.1, 0.15) is 5.56 Å². The van der Waals surface area contributed by atoms with Crippen molar-refractivity contribution in [2.75, 3.05) is 5.73 Å². The van der Waals surface area contributed by atoms with Crippen LogP contribution >= 0.6 is 15.9 Å². The highest BCUT2D eigenvalue weighted by molar-refractivity contribution is 9.10. The molecule has 2 heterocycles. The Bertz CT molecular complexity index is 478. The van der Waals surface area contributed by atoms with Gasteiger partial charge < -0.3 is 10.5 Å². The Morgan fingerprint density at radius 3 is 2.81 bits per heavy atom. The van der Waals surface area contributed by atoms with Crippen molar-refractivity contribution in [3.8, 4) is 5.88 Å². The van der Waals surface area contributed by atoms with Crippen LogP contribution < -0.4 is 10.5 Å². The molecular formula is C10H9BrN4O. The number of pyridine rings is 1. The molecule has 2 aromatic heterocycles. The SMILES string of the molecule is Nc1ncc(Br)nc1OCc1ccncc1. The fourth-order valence-corrected chi connectivity index (χ4v) is 1.36. The Labute approximate surface area is 101 Å². The second kappa shape index (κ2) is 4.89. The average Bonchev–Trinajstić information content (AvgIpc) is 2.32. The van der Waals surface area contributed by atoms with Gasteiger partial charge in [-0.3, -0.25) is 4.98 Å². The summed E-state index contributed by atoms with van der Waals surface area (Å²) in [6, 6.07) is 3.73. The molecule has 0 aliphatic carbocycles. The highest BCUT2D eigenvalue weighted by atomic mass is 79.9. The van der Waals surface area contributed by atoms with E-state index in [0.29, 0.717) is 17.1 Å². The van der Waals surface area contributed by atoms with E-state index in [1.54, 1.807) is 12.4 Å². The third-order valence-corrected chi connectivity index (χ3v) is 2.24. The lowest BCUT2D eigenvalue weighted by Gasteiger charge is -2.06. The van der Waals surface area contributed by atoms with Crippen LogP contribution in [0.25, 0.3) is 0 Å². The second-order valence-corrected chi connectivity index (χ2v) is 3.84. The van der Waals surface area contributed by atoms with Gasteiger partial charge in [0, 0.05) is 12.4 Å². The zero-order valence-corrected chi connectivity index (χ0v) is 9.89. The van der Waals surface area contributed by atoms with Crippen molar-refractivity contribution in [1.29, 1.82) is 0 Å². The van der Waals surface area contributed by atoms with Crippen molar-refractivity contribution in [3.63, 3.8) is 0 Å². The van der Waals surface area contributed by atoms with Gasteiger partial charge in [-0.2, -0.15) is 0 Å². The van der Waals surface area contributed by atoms with Gasteiger partial charge in [-0.25, -0.2) is 9.97 Å². The number of ether oxygens (including phenoxy) is 1. The summed E-state index contributed by atoms with van der Waals surface area (Å²) in [6.07, 6.45) is 4.93. The minimum absolute atomic E-state index is 0.275. The first-order valence-corrected chi connectivity index (χ1v) is 5.35. The highest BCUT2D eigenvalue weighted by Crippen LogP contribution is 2.19. The third-order valence-electron chi connectivity index (χ3n) is 1.86. The van der Waals surface area contributed by atoms with E-state index >= 15 is 0 Å². The van der Waals surface area contributed by atoms with Gasteiger partial charge in [0.1, 0.15) is 11.2 Å². The second-order valence-electron chi connectivity index (χ2n) is 3.03. The number of anilines is 1. The Kier molecular flexibility index (Phi) is 3.31. The monoisotopic (exact) mass is 280 g/mol. The van der Waals surface area contributed by atoms with Crippen LogP contribution in [0.4, 0.5) is 5.82 Å². The van der Waals surface area contributed by atoms with Crippen LogP contribution in [0.15, 0.2) is 35.3 Å². The third kappa shape index (κ3) is 2.66. The van der Waals surface area contributed by atoms with E-state index < -0.39 is 0 Å². The number of hydrogen-bond donors (Lipinski definition) is 1. The standard InChI is InChI=1S/C10H9BrN4O/c11-8-5-14-9(12)10(15-8)16-6-7-1-3-13-4-2-7/h1-5H,6H2,(H2,12,14). The van der Waals surface area contributed by atoms with Gasteiger partial charge in [0.25, 0.3) is 5.88 Å². The molecule has 2 rings (SSSR count). The number of nitrogen functional groups attached to an aromatic ring is 1.